The lowest BCUT2D eigenvalue weighted by molar-refractivity contribution is -0.121. The molecule has 92 valence electrons. The second-order valence-electron chi connectivity index (χ2n) is 3.00. The largest absolute Gasteiger partial charge is 0.433 e. The van der Waals surface area contributed by atoms with Gasteiger partial charge in [-0.1, -0.05) is 5.16 Å². The smallest absolute Gasteiger partial charge is 0.343 e. The zero-order valence-electron chi connectivity index (χ0n) is 9.34. The van der Waals surface area contributed by atoms with Gasteiger partial charge in [0.1, 0.15) is 0 Å². The maximum Gasteiger partial charge on any atom is 0.433 e. The highest BCUT2D eigenvalue weighted by Crippen LogP contribution is 1.96. The first-order valence-corrected chi connectivity index (χ1v) is 5.97. The average molecular weight is 251 g/mol. The standard InChI is InChI=1S/C7H13N3O5S/c1-8-7(12)15-9-5(16(4,13)14)6(11)10(2)3/h1-4H3,(H,8,12). The van der Waals surface area contributed by atoms with Gasteiger partial charge in [-0.05, 0) is 0 Å². The van der Waals surface area contributed by atoms with Crippen LogP contribution in [0.15, 0.2) is 5.16 Å². The van der Waals surface area contributed by atoms with Crippen LogP contribution in [0.2, 0.25) is 0 Å². The van der Waals surface area contributed by atoms with E-state index in [1.807, 2.05) is 0 Å². The van der Waals surface area contributed by atoms with Gasteiger partial charge in [0.05, 0.1) is 0 Å². The van der Waals surface area contributed by atoms with Gasteiger partial charge >= 0.3 is 6.09 Å². The van der Waals surface area contributed by atoms with E-state index in [4.69, 9.17) is 0 Å². The summed E-state index contributed by atoms with van der Waals surface area (Å²) in [4.78, 5) is 27.2. The molecule has 0 unspecified atom stereocenters. The normalized spacial score (nSPS) is 11.9. The SMILES string of the molecule is CNC(=O)ON=C(C(=O)N(C)C)S(C)(=O)=O. The number of nitrogens with zero attached hydrogens (tertiary/aromatic N) is 2. The molecule has 1 N–H and O–H groups in total. The molecular weight excluding hydrogens is 238 g/mol. The van der Waals surface area contributed by atoms with Gasteiger partial charge in [-0.2, -0.15) is 0 Å². The summed E-state index contributed by atoms with van der Waals surface area (Å²) < 4.78 is 22.4. The first-order chi connectivity index (χ1) is 7.20. The summed E-state index contributed by atoms with van der Waals surface area (Å²) in [7, 11) is 0.111. The van der Waals surface area contributed by atoms with Gasteiger partial charge in [-0.3, -0.25) is 9.63 Å². The number of rotatable bonds is 1. The van der Waals surface area contributed by atoms with Crippen LogP contribution in [0.3, 0.4) is 0 Å². The first kappa shape index (κ1) is 14.4. The van der Waals surface area contributed by atoms with E-state index in [1.165, 1.54) is 21.1 Å². The fraction of sp³-hybridized carbons (Fsp3) is 0.571. The van der Waals surface area contributed by atoms with E-state index in [-0.39, 0.29) is 0 Å². The third-order valence-corrected chi connectivity index (χ3v) is 2.31. The van der Waals surface area contributed by atoms with Crippen LogP contribution in [-0.2, 0) is 19.5 Å². The highest BCUT2D eigenvalue weighted by Gasteiger charge is 2.25. The van der Waals surface area contributed by atoms with Crippen LogP contribution < -0.4 is 5.32 Å². The minimum atomic E-state index is -3.86. The third-order valence-electron chi connectivity index (χ3n) is 1.36. The molecule has 0 radical (unpaired) electrons. The number of nitrogens with one attached hydrogen (secondary N) is 1. The lowest BCUT2D eigenvalue weighted by Gasteiger charge is -2.10. The second-order valence-corrected chi connectivity index (χ2v) is 4.93. The number of carbonyl (C=O) groups excluding carboxylic acids is 2. The van der Waals surface area contributed by atoms with Crippen LogP contribution in [0.1, 0.15) is 0 Å². The van der Waals surface area contributed by atoms with Crippen molar-refractivity contribution in [2.45, 2.75) is 0 Å². The van der Waals surface area contributed by atoms with Crippen molar-refractivity contribution in [2.24, 2.45) is 5.16 Å². The predicted octanol–water partition coefficient (Wildman–Crippen LogP) is -1.21. The van der Waals surface area contributed by atoms with Crippen molar-refractivity contribution in [3.63, 3.8) is 0 Å². The van der Waals surface area contributed by atoms with Gasteiger partial charge in [0.2, 0.25) is 9.84 Å². The zero-order chi connectivity index (χ0) is 12.9. The fourth-order valence-corrected chi connectivity index (χ4v) is 1.26. The number of hydrogen-bond acceptors (Lipinski definition) is 6. The molecule has 0 aliphatic rings. The molecule has 0 saturated heterocycles. The minimum absolute atomic E-state index is 0.792. The van der Waals surface area contributed by atoms with E-state index in [0.29, 0.717) is 0 Å². The van der Waals surface area contributed by atoms with E-state index in [9.17, 15) is 18.0 Å². The molecule has 0 rings (SSSR count). The Labute approximate surface area is 93.1 Å². The quantitative estimate of drug-likeness (QED) is 0.272. The van der Waals surface area contributed by atoms with Crippen molar-refractivity contribution in [2.75, 3.05) is 27.4 Å². The molecule has 0 heterocycles. The van der Waals surface area contributed by atoms with Gasteiger partial charge in [-0.25, -0.2) is 13.2 Å². The van der Waals surface area contributed by atoms with Crippen LogP contribution in [0.5, 0.6) is 0 Å². The van der Waals surface area contributed by atoms with E-state index in [1.54, 1.807) is 0 Å². The Morgan fingerprint density at radius 2 is 1.81 bits per heavy atom. The van der Waals surface area contributed by atoms with Gasteiger partial charge < -0.3 is 10.2 Å². The molecule has 0 fully saturated rings. The van der Waals surface area contributed by atoms with Gasteiger partial charge in [-0.15, -0.1) is 0 Å². The molecule has 0 bridgehead atoms. The molecule has 0 spiro atoms. The van der Waals surface area contributed by atoms with Crippen molar-refractivity contribution in [1.29, 1.82) is 0 Å². The summed E-state index contributed by atoms with van der Waals surface area (Å²) in [6.07, 6.45) is -0.173. The molecule has 2 amide bonds. The van der Waals surface area contributed by atoms with Crippen molar-refractivity contribution >= 4 is 26.9 Å². The molecule has 9 heteroatoms. The van der Waals surface area contributed by atoms with E-state index < -0.39 is 26.9 Å². The number of sulfone groups is 1. The summed E-state index contributed by atoms with van der Waals surface area (Å²) in [5.41, 5.74) is 0. The number of oxime groups is 1. The predicted molar refractivity (Wildman–Crippen MR) is 56.5 cm³/mol. The monoisotopic (exact) mass is 251 g/mol. The number of carbonyl (C=O) groups is 2. The zero-order valence-corrected chi connectivity index (χ0v) is 10.2. The lowest BCUT2D eigenvalue weighted by atomic mass is 10.6. The summed E-state index contributed by atoms with van der Waals surface area (Å²) in [5, 5.41) is 4.23. The molecule has 0 aromatic heterocycles. The molecule has 8 nitrogen and oxygen atoms in total. The molecule has 16 heavy (non-hydrogen) atoms. The number of hydrogen-bond donors (Lipinski definition) is 1. The maximum absolute atomic E-state index is 11.4. The molecule has 0 aromatic carbocycles. The Kier molecular flexibility index (Phi) is 4.89. The summed E-state index contributed by atoms with van der Waals surface area (Å²) >= 11 is 0. The van der Waals surface area contributed by atoms with Crippen molar-refractivity contribution in [3.8, 4) is 0 Å². The minimum Gasteiger partial charge on any atom is -0.343 e. The Morgan fingerprint density at radius 1 is 1.31 bits per heavy atom. The van der Waals surface area contributed by atoms with Crippen LogP contribution in [0.25, 0.3) is 0 Å². The lowest BCUT2D eigenvalue weighted by Crippen LogP contribution is -2.35. The van der Waals surface area contributed by atoms with E-state index in [0.717, 1.165) is 11.2 Å². The van der Waals surface area contributed by atoms with E-state index in [2.05, 4.69) is 15.3 Å². The molecule has 0 aliphatic heterocycles. The second kappa shape index (κ2) is 5.45. The Morgan fingerprint density at radius 3 is 2.12 bits per heavy atom. The van der Waals surface area contributed by atoms with Crippen molar-refractivity contribution in [1.82, 2.24) is 10.2 Å². The maximum atomic E-state index is 11.4. The van der Waals surface area contributed by atoms with Crippen LogP contribution >= 0.6 is 0 Å². The molecule has 0 saturated carbocycles. The highest BCUT2D eigenvalue weighted by molar-refractivity contribution is 8.07. The summed E-state index contributed by atoms with van der Waals surface area (Å²) in [5.74, 6) is -0.869. The Bertz CT molecular complexity index is 412. The molecule has 0 aromatic rings. The summed E-state index contributed by atoms with van der Waals surface area (Å²) in [6, 6.07) is 0. The van der Waals surface area contributed by atoms with Crippen LogP contribution in [0, 0.1) is 0 Å². The Balaban J connectivity index is 5.13. The highest BCUT2D eigenvalue weighted by atomic mass is 32.2. The van der Waals surface area contributed by atoms with Gasteiger partial charge in [0.15, 0.2) is 0 Å². The first-order valence-electron chi connectivity index (χ1n) is 4.08. The third kappa shape index (κ3) is 4.26. The van der Waals surface area contributed by atoms with Gasteiger partial charge in [0.25, 0.3) is 11.0 Å². The topological polar surface area (TPSA) is 105 Å². The van der Waals surface area contributed by atoms with Crippen LogP contribution in [0.4, 0.5) is 4.79 Å². The van der Waals surface area contributed by atoms with E-state index >= 15 is 0 Å². The molecule has 0 aliphatic carbocycles. The fourth-order valence-electron chi connectivity index (χ4n) is 0.585. The summed E-state index contributed by atoms with van der Waals surface area (Å²) in [6.45, 7) is 0. The van der Waals surface area contributed by atoms with Crippen molar-refractivity contribution < 1.29 is 22.8 Å². The van der Waals surface area contributed by atoms with Gasteiger partial charge in [0, 0.05) is 27.4 Å². The van der Waals surface area contributed by atoms with Crippen LogP contribution in [-0.4, -0.2) is 57.8 Å². The average Bonchev–Trinajstić information content (AvgIpc) is 2.15. The van der Waals surface area contributed by atoms with Crippen molar-refractivity contribution in [3.05, 3.63) is 0 Å². The molecular formula is C7H13N3O5S. The number of amides is 2. The Hall–Kier alpha value is -1.64. The molecule has 0 atom stereocenters.